The van der Waals surface area contributed by atoms with Crippen LogP contribution in [-0.2, 0) is 5.60 Å². The standard InChI is InChI=1S/C16H23BrF2OSi/c1-6-16(5,20)11-10-12(17)14(19)15(13(11)18)21(7-2,8-3)9-4/h6,10,20H,1,7-9H2,2-5H3. The lowest BCUT2D eigenvalue weighted by molar-refractivity contribution is 0.107. The van der Waals surface area contributed by atoms with Gasteiger partial charge in [-0.1, -0.05) is 51.6 Å². The van der Waals surface area contributed by atoms with E-state index in [0.29, 0.717) is 0 Å². The molecule has 0 radical (unpaired) electrons. The Hall–Kier alpha value is -0.523. The fourth-order valence-electron chi connectivity index (χ4n) is 2.83. The van der Waals surface area contributed by atoms with Crippen LogP contribution in [0.25, 0.3) is 0 Å². The summed E-state index contributed by atoms with van der Waals surface area (Å²) >= 11 is 3.17. The van der Waals surface area contributed by atoms with Crippen LogP contribution in [0.3, 0.4) is 0 Å². The molecule has 1 atom stereocenters. The molecule has 5 heteroatoms. The molecule has 0 aliphatic carbocycles. The van der Waals surface area contributed by atoms with Crippen LogP contribution in [0.5, 0.6) is 0 Å². The molecule has 0 aliphatic rings. The van der Waals surface area contributed by atoms with Crippen LogP contribution in [0.4, 0.5) is 8.78 Å². The van der Waals surface area contributed by atoms with E-state index in [1.54, 1.807) is 0 Å². The topological polar surface area (TPSA) is 20.2 Å². The fraction of sp³-hybridized carbons (Fsp3) is 0.500. The fourth-order valence-corrected chi connectivity index (χ4v) is 7.20. The van der Waals surface area contributed by atoms with E-state index in [-0.39, 0.29) is 15.2 Å². The van der Waals surface area contributed by atoms with Gasteiger partial charge in [-0.2, -0.15) is 0 Å². The van der Waals surface area contributed by atoms with Crippen LogP contribution in [0, 0.1) is 11.6 Å². The minimum atomic E-state index is -2.26. The third kappa shape index (κ3) is 3.15. The maximum absolute atomic E-state index is 15.0. The second-order valence-electron chi connectivity index (χ2n) is 5.60. The smallest absolute Gasteiger partial charge is 0.139 e. The van der Waals surface area contributed by atoms with Gasteiger partial charge in [-0.05, 0) is 28.9 Å². The van der Waals surface area contributed by atoms with E-state index in [9.17, 15) is 9.50 Å². The average molecular weight is 377 g/mol. The summed E-state index contributed by atoms with van der Waals surface area (Å²) < 4.78 is 29.8. The lowest BCUT2D eigenvalue weighted by atomic mass is 9.95. The molecule has 1 nitrogen and oxygen atoms in total. The van der Waals surface area contributed by atoms with Crippen molar-refractivity contribution in [1.29, 1.82) is 0 Å². The van der Waals surface area contributed by atoms with Gasteiger partial charge >= 0.3 is 0 Å². The molecule has 0 saturated heterocycles. The van der Waals surface area contributed by atoms with Gasteiger partial charge in [-0.3, -0.25) is 0 Å². The first-order valence-electron chi connectivity index (χ1n) is 7.25. The predicted molar refractivity (Wildman–Crippen MR) is 90.7 cm³/mol. The predicted octanol–water partition coefficient (Wildman–Crippen LogP) is 4.84. The quantitative estimate of drug-likeness (QED) is 0.428. The molecule has 1 N–H and O–H groups in total. The highest BCUT2D eigenvalue weighted by atomic mass is 79.9. The zero-order valence-electron chi connectivity index (χ0n) is 13.1. The molecule has 0 bridgehead atoms. The number of benzene rings is 1. The molecule has 0 saturated carbocycles. The van der Waals surface area contributed by atoms with Gasteiger partial charge in [0.15, 0.2) is 0 Å². The lowest BCUT2D eigenvalue weighted by Crippen LogP contribution is -2.50. The summed E-state index contributed by atoms with van der Waals surface area (Å²) in [6.07, 6.45) is 1.27. The van der Waals surface area contributed by atoms with E-state index in [4.69, 9.17) is 0 Å². The minimum Gasteiger partial charge on any atom is -0.381 e. The first-order chi connectivity index (χ1) is 9.70. The first-order valence-corrected chi connectivity index (χ1v) is 10.7. The van der Waals surface area contributed by atoms with Crippen LogP contribution in [0.15, 0.2) is 23.2 Å². The lowest BCUT2D eigenvalue weighted by Gasteiger charge is -2.32. The van der Waals surface area contributed by atoms with Gasteiger partial charge in [0.05, 0.1) is 12.5 Å². The molecule has 1 rings (SSSR count). The molecule has 1 aromatic carbocycles. The van der Waals surface area contributed by atoms with Crippen LogP contribution in [-0.4, -0.2) is 13.2 Å². The van der Waals surface area contributed by atoms with E-state index in [1.807, 2.05) is 20.8 Å². The highest BCUT2D eigenvalue weighted by Gasteiger charge is 2.39. The van der Waals surface area contributed by atoms with Crippen molar-refractivity contribution in [2.45, 2.75) is 51.4 Å². The van der Waals surface area contributed by atoms with Gasteiger partial charge in [-0.25, -0.2) is 8.78 Å². The summed E-state index contributed by atoms with van der Waals surface area (Å²) in [5.74, 6) is -1.13. The summed E-state index contributed by atoms with van der Waals surface area (Å²) in [6, 6.07) is 3.61. The van der Waals surface area contributed by atoms with Gasteiger partial charge in [0, 0.05) is 10.8 Å². The second kappa shape index (κ2) is 6.71. The number of aliphatic hydroxyl groups is 1. The first kappa shape index (κ1) is 18.5. The van der Waals surface area contributed by atoms with Crippen LogP contribution < -0.4 is 5.19 Å². The molecule has 118 valence electrons. The Morgan fingerprint density at radius 1 is 1.24 bits per heavy atom. The van der Waals surface area contributed by atoms with Crippen molar-refractivity contribution in [2.24, 2.45) is 0 Å². The molecule has 0 aromatic heterocycles. The van der Waals surface area contributed by atoms with E-state index in [0.717, 1.165) is 18.1 Å². The summed E-state index contributed by atoms with van der Waals surface area (Å²) in [4.78, 5) is 0. The van der Waals surface area contributed by atoms with Crippen molar-refractivity contribution in [3.63, 3.8) is 0 Å². The number of hydrogen-bond donors (Lipinski definition) is 1. The summed E-state index contributed by atoms with van der Waals surface area (Å²) in [7, 11) is -2.26. The van der Waals surface area contributed by atoms with Crippen LogP contribution in [0.1, 0.15) is 33.3 Å². The van der Waals surface area contributed by atoms with Gasteiger partial charge in [0.2, 0.25) is 0 Å². The Labute approximate surface area is 135 Å². The van der Waals surface area contributed by atoms with Crippen LogP contribution >= 0.6 is 15.9 Å². The van der Waals surface area contributed by atoms with Crippen molar-refractivity contribution in [2.75, 3.05) is 0 Å². The highest BCUT2D eigenvalue weighted by Crippen LogP contribution is 2.32. The van der Waals surface area contributed by atoms with E-state index in [1.165, 1.54) is 19.1 Å². The molecule has 1 aromatic rings. The molecule has 0 spiro atoms. The Morgan fingerprint density at radius 3 is 2.10 bits per heavy atom. The van der Waals surface area contributed by atoms with E-state index < -0.39 is 25.3 Å². The van der Waals surface area contributed by atoms with Crippen molar-refractivity contribution in [3.8, 4) is 0 Å². The Balaban J connectivity index is 3.78. The van der Waals surface area contributed by atoms with Crippen molar-refractivity contribution < 1.29 is 13.9 Å². The number of halogens is 3. The van der Waals surface area contributed by atoms with Crippen molar-refractivity contribution in [3.05, 3.63) is 40.4 Å². The maximum atomic E-state index is 15.0. The summed E-state index contributed by atoms with van der Waals surface area (Å²) in [5, 5.41) is 10.5. The summed E-state index contributed by atoms with van der Waals surface area (Å²) in [6.45, 7) is 11.0. The maximum Gasteiger partial charge on any atom is 0.139 e. The van der Waals surface area contributed by atoms with E-state index >= 15 is 4.39 Å². The molecule has 1 unspecified atom stereocenters. The highest BCUT2D eigenvalue weighted by molar-refractivity contribution is 9.10. The molecular weight excluding hydrogens is 354 g/mol. The zero-order valence-corrected chi connectivity index (χ0v) is 15.7. The number of rotatable bonds is 6. The summed E-state index contributed by atoms with van der Waals surface area (Å²) in [5.41, 5.74) is -1.45. The van der Waals surface area contributed by atoms with E-state index in [2.05, 4.69) is 22.5 Å². The zero-order chi connectivity index (χ0) is 16.4. The van der Waals surface area contributed by atoms with Crippen molar-refractivity contribution in [1.82, 2.24) is 0 Å². The van der Waals surface area contributed by atoms with Gasteiger partial charge in [0.1, 0.15) is 17.2 Å². The third-order valence-electron chi connectivity index (χ3n) is 4.66. The Kier molecular flexibility index (Phi) is 5.92. The molecule has 0 fully saturated rings. The van der Waals surface area contributed by atoms with Gasteiger partial charge in [0.25, 0.3) is 0 Å². The molecular formula is C16H23BrF2OSi. The molecule has 21 heavy (non-hydrogen) atoms. The Morgan fingerprint density at radius 2 is 1.71 bits per heavy atom. The average Bonchev–Trinajstić information content (AvgIpc) is 2.47. The Bertz CT molecular complexity index is 531. The number of hydrogen-bond acceptors (Lipinski definition) is 1. The molecule has 0 heterocycles. The van der Waals surface area contributed by atoms with Gasteiger partial charge < -0.3 is 5.11 Å². The second-order valence-corrected chi connectivity index (χ2v) is 11.6. The third-order valence-corrected chi connectivity index (χ3v) is 10.8. The van der Waals surface area contributed by atoms with Gasteiger partial charge in [-0.15, -0.1) is 0 Å². The molecule has 0 aliphatic heterocycles. The minimum absolute atomic E-state index is 0.0769. The molecule has 0 amide bonds. The SMILES string of the molecule is C=CC(C)(O)c1cc(Br)c(F)c([Si](CC)(CC)CC)c1F. The van der Waals surface area contributed by atoms with Crippen LogP contribution in [0.2, 0.25) is 18.1 Å². The monoisotopic (exact) mass is 376 g/mol. The van der Waals surface area contributed by atoms with Crippen molar-refractivity contribution >= 4 is 29.2 Å². The normalized spacial score (nSPS) is 14.9. The largest absolute Gasteiger partial charge is 0.381 e.